The summed E-state index contributed by atoms with van der Waals surface area (Å²) in [5.74, 6) is 0. The average molecular weight is 181 g/mol. The minimum absolute atomic E-state index is 1.20. The molecule has 2 aliphatic rings. The zero-order valence-corrected chi connectivity index (χ0v) is 8.04. The van der Waals surface area contributed by atoms with Gasteiger partial charge in [-0.25, -0.2) is 0 Å². The van der Waals surface area contributed by atoms with Gasteiger partial charge >= 0.3 is 0 Å². The van der Waals surface area contributed by atoms with Crippen molar-refractivity contribution in [1.29, 1.82) is 0 Å². The normalized spacial score (nSPS) is 11.2. The maximum absolute atomic E-state index is 3.31. The molecule has 0 bridgehead atoms. The smallest absolute Gasteiger partial charge is 0.0459 e. The fourth-order valence-electron chi connectivity index (χ4n) is 2.03. The zero-order valence-electron chi connectivity index (χ0n) is 8.04. The van der Waals surface area contributed by atoms with Crippen molar-refractivity contribution in [2.45, 2.75) is 6.92 Å². The van der Waals surface area contributed by atoms with Crippen molar-refractivity contribution in [2.75, 3.05) is 0 Å². The van der Waals surface area contributed by atoms with Crippen LogP contribution in [0.2, 0.25) is 0 Å². The van der Waals surface area contributed by atoms with Crippen LogP contribution in [0.1, 0.15) is 5.56 Å². The molecule has 0 aromatic heterocycles. The minimum Gasteiger partial charge on any atom is -0.361 e. The van der Waals surface area contributed by atoms with Crippen molar-refractivity contribution < 1.29 is 0 Å². The number of aromatic nitrogens is 1. The van der Waals surface area contributed by atoms with Crippen LogP contribution in [0.4, 0.5) is 0 Å². The molecule has 1 aromatic carbocycles. The van der Waals surface area contributed by atoms with Crippen LogP contribution in [-0.2, 0) is 0 Å². The highest BCUT2D eigenvalue weighted by Gasteiger charge is 2.07. The third kappa shape index (κ3) is 0.956. The number of para-hydroxylation sites is 1. The van der Waals surface area contributed by atoms with Gasteiger partial charge in [0.05, 0.1) is 0 Å². The van der Waals surface area contributed by atoms with Crippen molar-refractivity contribution >= 4 is 10.9 Å². The van der Waals surface area contributed by atoms with Crippen LogP contribution < -0.4 is 0 Å². The molecule has 0 spiro atoms. The molecule has 1 aromatic rings. The van der Waals surface area contributed by atoms with E-state index in [9.17, 15) is 0 Å². The number of hydrogen-bond acceptors (Lipinski definition) is 0. The third-order valence-electron chi connectivity index (χ3n) is 2.67. The topological polar surface area (TPSA) is 15.8 Å². The van der Waals surface area contributed by atoms with Gasteiger partial charge in [0.15, 0.2) is 0 Å². The molecule has 1 aliphatic heterocycles. The van der Waals surface area contributed by atoms with E-state index in [1.807, 2.05) is 0 Å². The molecule has 0 saturated carbocycles. The van der Waals surface area contributed by atoms with Crippen LogP contribution in [0.15, 0.2) is 42.6 Å². The first-order valence-corrected chi connectivity index (χ1v) is 4.81. The molecule has 0 amide bonds. The van der Waals surface area contributed by atoms with Gasteiger partial charge in [0.2, 0.25) is 0 Å². The number of aromatic amines is 1. The van der Waals surface area contributed by atoms with E-state index in [0.717, 1.165) is 0 Å². The van der Waals surface area contributed by atoms with Gasteiger partial charge in [-0.3, -0.25) is 0 Å². The van der Waals surface area contributed by atoms with E-state index in [1.54, 1.807) is 0 Å². The van der Waals surface area contributed by atoms with Gasteiger partial charge in [0.25, 0.3) is 0 Å². The second kappa shape index (κ2) is 2.61. The molecule has 1 nitrogen and oxygen atoms in total. The summed E-state index contributed by atoms with van der Waals surface area (Å²) in [6, 6.07) is 12.9. The van der Waals surface area contributed by atoms with E-state index < -0.39 is 0 Å². The average Bonchev–Trinajstić information content (AvgIpc) is 2.59. The first-order valence-electron chi connectivity index (χ1n) is 4.81. The van der Waals surface area contributed by atoms with Crippen LogP contribution in [-0.4, -0.2) is 4.98 Å². The lowest BCUT2D eigenvalue weighted by Gasteiger charge is -2.04. The van der Waals surface area contributed by atoms with Crippen LogP contribution in [0.5, 0.6) is 0 Å². The van der Waals surface area contributed by atoms with E-state index in [-0.39, 0.29) is 0 Å². The van der Waals surface area contributed by atoms with Gasteiger partial charge in [-0.15, -0.1) is 0 Å². The molecule has 1 heteroatoms. The lowest BCUT2D eigenvalue weighted by molar-refractivity contribution is 1.42. The van der Waals surface area contributed by atoms with Crippen LogP contribution in [0, 0.1) is 6.92 Å². The molecule has 0 unspecified atom stereocenters. The number of pyridine rings is 1. The number of hydrogen-bond donors (Lipinski definition) is 1. The molecule has 14 heavy (non-hydrogen) atoms. The lowest BCUT2D eigenvalue weighted by atomic mass is 10.1. The Kier molecular flexibility index (Phi) is 1.42. The molecule has 1 N–H and O–H groups in total. The molecule has 0 saturated heterocycles. The summed E-state index contributed by atoms with van der Waals surface area (Å²) in [7, 11) is 0. The Balaban J connectivity index is 2.53. The number of benzene rings is 1. The number of rotatable bonds is 0. The second-order valence-corrected chi connectivity index (χ2v) is 3.74. The first-order chi connectivity index (χ1) is 6.84. The highest BCUT2D eigenvalue weighted by molar-refractivity contribution is 5.96. The number of nitrogens with one attached hydrogen (secondary N) is 1. The fraction of sp³-hybridized carbons (Fsp3) is 0.0769. The van der Waals surface area contributed by atoms with E-state index in [1.165, 1.54) is 27.6 Å². The molecule has 1 heterocycles. The number of aryl methyl sites for hydroxylation is 1. The van der Waals surface area contributed by atoms with Gasteiger partial charge in [0, 0.05) is 17.1 Å². The molecule has 0 atom stereocenters. The largest absolute Gasteiger partial charge is 0.361 e. The van der Waals surface area contributed by atoms with Crippen LogP contribution in [0.25, 0.3) is 22.0 Å². The van der Waals surface area contributed by atoms with E-state index in [4.69, 9.17) is 0 Å². The van der Waals surface area contributed by atoms with Gasteiger partial charge < -0.3 is 4.98 Å². The third-order valence-corrected chi connectivity index (χ3v) is 2.67. The molecule has 0 fully saturated rings. The zero-order chi connectivity index (χ0) is 9.54. The molecule has 1 aliphatic carbocycles. The second-order valence-electron chi connectivity index (χ2n) is 3.74. The van der Waals surface area contributed by atoms with Crippen LogP contribution >= 0.6 is 0 Å². The molecule has 68 valence electrons. The molecular weight excluding hydrogens is 170 g/mol. The Morgan fingerprint density at radius 1 is 1.07 bits per heavy atom. The number of H-pyrrole nitrogens is 1. The van der Waals surface area contributed by atoms with Crippen molar-refractivity contribution in [3.63, 3.8) is 0 Å². The van der Waals surface area contributed by atoms with Gasteiger partial charge in [-0.2, -0.15) is 0 Å². The first kappa shape index (κ1) is 7.63. The summed E-state index contributed by atoms with van der Waals surface area (Å²) in [4.78, 5) is 3.31. The lowest BCUT2D eigenvalue weighted by Crippen LogP contribution is -1.81. The van der Waals surface area contributed by atoms with Crippen LogP contribution in [0.3, 0.4) is 0 Å². The molecular formula is C13H11N. The molecule has 0 radical (unpaired) electrons. The van der Waals surface area contributed by atoms with Crippen molar-refractivity contribution in [3.8, 4) is 11.1 Å². The molecule has 3 rings (SSSR count). The maximum atomic E-state index is 3.31. The Morgan fingerprint density at radius 2 is 1.93 bits per heavy atom. The van der Waals surface area contributed by atoms with E-state index in [2.05, 4.69) is 54.5 Å². The van der Waals surface area contributed by atoms with Crippen molar-refractivity contribution in [2.24, 2.45) is 0 Å². The Labute approximate surface area is 82.7 Å². The van der Waals surface area contributed by atoms with Gasteiger partial charge in [0.1, 0.15) is 0 Å². The Hall–Kier alpha value is -1.76. The summed E-state index contributed by atoms with van der Waals surface area (Å²) in [6.45, 7) is 2.13. The highest BCUT2D eigenvalue weighted by atomic mass is 14.7. The standard InChI is InChI=1S/C13H11N/c1-9-6-10-8-14-13-5-3-2-4-11(13)12(10)7-9/h2-8,14H,1H3. The van der Waals surface area contributed by atoms with E-state index >= 15 is 0 Å². The summed E-state index contributed by atoms with van der Waals surface area (Å²) in [6.07, 6.45) is 2.07. The van der Waals surface area contributed by atoms with Gasteiger partial charge in [-0.1, -0.05) is 24.3 Å². The Bertz CT molecular complexity index is 563. The minimum atomic E-state index is 1.20. The summed E-state index contributed by atoms with van der Waals surface area (Å²) in [5, 5.41) is 1.30. The van der Waals surface area contributed by atoms with Crippen molar-refractivity contribution in [1.82, 2.24) is 4.98 Å². The summed E-state index contributed by atoms with van der Waals surface area (Å²) < 4.78 is 0. The summed E-state index contributed by atoms with van der Waals surface area (Å²) in [5.41, 5.74) is 5.16. The quantitative estimate of drug-likeness (QED) is 0.545. The predicted molar refractivity (Wildman–Crippen MR) is 59.7 cm³/mol. The SMILES string of the molecule is Cc1cc2c[nH]c3ccccc3c-2c1. The fourth-order valence-corrected chi connectivity index (χ4v) is 2.03. The monoisotopic (exact) mass is 181 g/mol. The van der Waals surface area contributed by atoms with Gasteiger partial charge in [-0.05, 0) is 35.7 Å². The van der Waals surface area contributed by atoms with E-state index in [0.29, 0.717) is 0 Å². The summed E-state index contributed by atoms with van der Waals surface area (Å²) >= 11 is 0. The maximum Gasteiger partial charge on any atom is 0.0459 e. The van der Waals surface area contributed by atoms with Crippen molar-refractivity contribution in [3.05, 3.63) is 48.2 Å². The highest BCUT2D eigenvalue weighted by Crippen LogP contribution is 2.31. The predicted octanol–water partition coefficient (Wildman–Crippen LogP) is 3.58. The Morgan fingerprint density at radius 3 is 2.86 bits per heavy atom. The number of fused-ring (bicyclic) bond motifs is 3.